The summed E-state index contributed by atoms with van der Waals surface area (Å²) in [5, 5.41) is 4.76. The van der Waals surface area contributed by atoms with E-state index in [0.717, 1.165) is 12.1 Å². The number of hydrogen-bond acceptors (Lipinski definition) is 2. The number of benzene rings is 1. The SMILES string of the molecule is C=CCNC(=O)Nc1cc(F)c(N(C)C)c(F)c1. The van der Waals surface area contributed by atoms with Crippen LogP contribution in [0.1, 0.15) is 0 Å². The van der Waals surface area contributed by atoms with E-state index in [4.69, 9.17) is 0 Å². The molecule has 0 spiro atoms. The second-order valence-electron chi connectivity index (χ2n) is 3.81. The van der Waals surface area contributed by atoms with Crippen LogP contribution in [0.5, 0.6) is 0 Å². The topological polar surface area (TPSA) is 44.4 Å². The maximum atomic E-state index is 13.6. The zero-order chi connectivity index (χ0) is 13.7. The molecule has 0 saturated carbocycles. The molecule has 6 heteroatoms. The summed E-state index contributed by atoms with van der Waals surface area (Å²) in [6, 6.07) is 1.57. The van der Waals surface area contributed by atoms with Crippen LogP contribution in [0.3, 0.4) is 0 Å². The van der Waals surface area contributed by atoms with Crippen LogP contribution in [0.4, 0.5) is 25.0 Å². The van der Waals surface area contributed by atoms with Gasteiger partial charge in [-0.25, -0.2) is 13.6 Å². The summed E-state index contributed by atoms with van der Waals surface area (Å²) in [7, 11) is 3.07. The smallest absolute Gasteiger partial charge is 0.319 e. The van der Waals surface area contributed by atoms with Gasteiger partial charge in [0.05, 0.1) is 0 Å². The summed E-state index contributed by atoms with van der Waals surface area (Å²) in [6.07, 6.45) is 1.50. The molecule has 4 nitrogen and oxygen atoms in total. The van der Waals surface area contributed by atoms with Crippen molar-refractivity contribution >= 4 is 17.4 Å². The van der Waals surface area contributed by atoms with E-state index in [-0.39, 0.29) is 17.9 Å². The molecular weight excluding hydrogens is 240 g/mol. The van der Waals surface area contributed by atoms with Gasteiger partial charge in [-0.05, 0) is 12.1 Å². The van der Waals surface area contributed by atoms with Gasteiger partial charge in [-0.1, -0.05) is 6.08 Å². The number of amides is 2. The molecule has 0 atom stereocenters. The highest BCUT2D eigenvalue weighted by molar-refractivity contribution is 5.89. The summed E-state index contributed by atoms with van der Waals surface area (Å²) in [6.45, 7) is 3.70. The third kappa shape index (κ3) is 3.44. The van der Waals surface area contributed by atoms with Gasteiger partial charge in [0.1, 0.15) is 5.69 Å². The number of halogens is 2. The highest BCUT2D eigenvalue weighted by Crippen LogP contribution is 2.25. The number of rotatable bonds is 4. The predicted octanol–water partition coefficient (Wildman–Crippen LogP) is 2.34. The van der Waals surface area contributed by atoms with Crippen LogP contribution in [0.25, 0.3) is 0 Å². The summed E-state index contributed by atoms with van der Waals surface area (Å²) >= 11 is 0. The van der Waals surface area contributed by atoms with Gasteiger partial charge in [-0.15, -0.1) is 6.58 Å². The Morgan fingerprint density at radius 2 is 1.94 bits per heavy atom. The number of carbonyl (C=O) groups is 1. The van der Waals surface area contributed by atoms with Crippen molar-refractivity contribution in [1.29, 1.82) is 0 Å². The fraction of sp³-hybridized carbons (Fsp3) is 0.250. The number of carbonyl (C=O) groups excluding carboxylic acids is 1. The summed E-state index contributed by atoms with van der Waals surface area (Å²) in [5.41, 5.74) is -0.0933. The van der Waals surface area contributed by atoms with Gasteiger partial charge in [0, 0.05) is 26.3 Å². The average Bonchev–Trinajstić information content (AvgIpc) is 2.24. The maximum absolute atomic E-state index is 13.6. The summed E-state index contributed by atoms with van der Waals surface area (Å²) < 4.78 is 27.2. The van der Waals surface area contributed by atoms with E-state index in [9.17, 15) is 13.6 Å². The second kappa shape index (κ2) is 6.00. The van der Waals surface area contributed by atoms with E-state index in [1.54, 1.807) is 0 Å². The van der Waals surface area contributed by atoms with Crippen molar-refractivity contribution in [2.24, 2.45) is 0 Å². The third-order valence-corrected chi connectivity index (χ3v) is 2.13. The molecule has 0 bridgehead atoms. The molecule has 2 amide bonds. The van der Waals surface area contributed by atoms with Crippen molar-refractivity contribution < 1.29 is 13.6 Å². The largest absolute Gasteiger partial charge is 0.373 e. The maximum Gasteiger partial charge on any atom is 0.319 e. The van der Waals surface area contributed by atoms with Crippen LogP contribution >= 0.6 is 0 Å². The minimum absolute atomic E-state index is 0.0529. The molecule has 0 saturated heterocycles. The molecule has 2 N–H and O–H groups in total. The van der Waals surface area contributed by atoms with Crippen molar-refractivity contribution in [2.45, 2.75) is 0 Å². The van der Waals surface area contributed by atoms with Gasteiger partial charge >= 0.3 is 6.03 Å². The molecule has 1 aromatic rings. The Bertz CT molecular complexity index is 438. The average molecular weight is 255 g/mol. The van der Waals surface area contributed by atoms with Crippen molar-refractivity contribution in [3.05, 3.63) is 36.4 Å². The van der Waals surface area contributed by atoms with Gasteiger partial charge in [0.15, 0.2) is 11.6 Å². The molecule has 0 heterocycles. The zero-order valence-corrected chi connectivity index (χ0v) is 10.3. The number of urea groups is 1. The van der Waals surface area contributed by atoms with Gasteiger partial charge < -0.3 is 15.5 Å². The monoisotopic (exact) mass is 255 g/mol. The van der Waals surface area contributed by atoms with Crippen LogP contribution in [0, 0.1) is 11.6 Å². The number of hydrogen-bond donors (Lipinski definition) is 2. The van der Waals surface area contributed by atoms with Crippen LogP contribution in [-0.2, 0) is 0 Å². The first-order valence-corrected chi connectivity index (χ1v) is 5.27. The van der Waals surface area contributed by atoms with E-state index < -0.39 is 17.7 Å². The van der Waals surface area contributed by atoms with Crippen molar-refractivity contribution in [1.82, 2.24) is 5.32 Å². The molecular formula is C12H15F2N3O. The standard InChI is InChI=1S/C12H15F2N3O/c1-4-5-15-12(18)16-8-6-9(13)11(17(2)3)10(14)7-8/h4,6-7H,1,5H2,2-3H3,(H2,15,16,18). The van der Waals surface area contributed by atoms with Gasteiger partial charge in [0.2, 0.25) is 0 Å². The molecule has 0 aliphatic heterocycles. The Hall–Kier alpha value is -2.11. The van der Waals surface area contributed by atoms with Crippen LogP contribution in [-0.4, -0.2) is 26.7 Å². The fourth-order valence-corrected chi connectivity index (χ4v) is 1.41. The van der Waals surface area contributed by atoms with E-state index in [1.807, 2.05) is 0 Å². The third-order valence-electron chi connectivity index (χ3n) is 2.13. The number of nitrogens with zero attached hydrogens (tertiary/aromatic N) is 1. The lowest BCUT2D eigenvalue weighted by Gasteiger charge is -2.15. The molecule has 0 unspecified atom stereocenters. The Morgan fingerprint density at radius 1 is 1.39 bits per heavy atom. The van der Waals surface area contributed by atoms with Gasteiger partial charge in [0.25, 0.3) is 0 Å². The van der Waals surface area contributed by atoms with E-state index in [1.165, 1.54) is 25.1 Å². The van der Waals surface area contributed by atoms with E-state index in [2.05, 4.69) is 17.2 Å². The minimum atomic E-state index is -0.737. The normalized spacial score (nSPS) is 9.78. The summed E-state index contributed by atoms with van der Waals surface area (Å²) in [5.74, 6) is -1.47. The van der Waals surface area contributed by atoms with Crippen molar-refractivity contribution in [2.75, 3.05) is 30.9 Å². The Balaban J connectivity index is 2.86. The Labute approximate surface area is 104 Å². The van der Waals surface area contributed by atoms with Gasteiger partial charge in [-0.3, -0.25) is 0 Å². The fourth-order valence-electron chi connectivity index (χ4n) is 1.41. The van der Waals surface area contributed by atoms with E-state index in [0.29, 0.717) is 0 Å². The lowest BCUT2D eigenvalue weighted by Crippen LogP contribution is -2.28. The summed E-state index contributed by atoms with van der Waals surface area (Å²) in [4.78, 5) is 12.6. The van der Waals surface area contributed by atoms with Gasteiger partial charge in [-0.2, -0.15) is 0 Å². The highest BCUT2D eigenvalue weighted by Gasteiger charge is 2.13. The first-order chi connectivity index (χ1) is 8.45. The molecule has 98 valence electrons. The number of anilines is 2. The minimum Gasteiger partial charge on any atom is -0.373 e. The number of nitrogens with one attached hydrogen (secondary N) is 2. The molecule has 0 aliphatic rings. The molecule has 1 rings (SSSR count). The van der Waals surface area contributed by atoms with E-state index >= 15 is 0 Å². The van der Waals surface area contributed by atoms with Crippen LogP contribution in [0.15, 0.2) is 24.8 Å². The molecule has 18 heavy (non-hydrogen) atoms. The molecule has 1 aromatic carbocycles. The molecule has 0 fully saturated rings. The van der Waals surface area contributed by atoms with Crippen LogP contribution in [0.2, 0.25) is 0 Å². The lowest BCUT2D eigenvalue weighted by molar-refractivity contribution is 0.253. The Kier molecular flexibility index (Phi) is 4.65. The highest BCUT2D eigenvalue weighted by atomic mass is 19.1. The van der Waals surface area contributed by atoms with Crippen molar-refractivity contribution in [3.63, 3.8) is 0 Å². The quantitative estimate of drug-likeness (QED) is 0.811. The predicted molar refractivity (Wildman–Crippen MR) is 67.9 cm³/mol. The Morgan fingerprint density at radius 3 is 2.39 bits per heavy atom. The first kappa shape index (κ1) is 14.0. The second-order valence-corrected chi connectivity index (χ2v) is 3.81. The van der Waals surface area contributed by atoms with Crippen LogP contribution < -0.4 is 15.5 Å². The van der Waals surface area contributed by atoms with Crippen molar-refractivity contribution in [3.8, 4) is 0 Å². The zero-order valence-electron chi connectivity index (χ0n) is 10.3. The lowest BCUT2D eigenvalue weighted by atomic mass is 10.2. The molecule has 0 radical (unpaired) electrons. The molecule has 0 aliphatic carbocycles. The molecule has 0 aromatic heterocycles. The first-order valence-electron chi connectivity index (χ1n) is 5.27.